The summed E-state index contributed by atoms with van der Waals surface area (Å²) < 4.78 is 20.2. The Bertz CT molecular complexity index is 1350. The van der Waals surface area contributed by atoms with Gasteiger partial charge < -0.3 is 24.1 Å². The van der Waals surface area contributed by atoms with E-state index in [1.807, 2.05) is 50.4 Å². The van der Waals surface area contributed by atoms with Crippen LogP contribution < -0.4 is 5.32 Å². The van der Waals surface area contributed by atoms with Gasteiger partial charge >= 0.3 is 0 Å². The molecule has 1 aromatic carbocycles. The van der Waals surface area contributed by atoms with Crippen molar-refractivity contribution in [2.45, 2.75) is 51.1 Å². The molecular formula is C29H36N4O5S. The Morgan fingerprint density at radius 2 is 1.97 bits per heavy atom. The Morgan fingerprint density at radius 3 is 2.62 bits per heavy atom. The first-order valence-electron chi connectivity index (χ1n) is 13.6. The number of likely N-dealkylation sites (tertiary alicyclic amines) is 1. The molecular weight excluding hydrogens is 516 g/mol. The van der Waals surface area contributed by atoms with Gasteiger partial charge in [-0.3, -0.25) is 14.5 Å². The summed E-state index contributed by atoms with van der Waals surface area (Å²) in [7, 11) is 0. The normalized spacial score (nSPS) is 27.5. The zero-order valence-corrected chi connectivity index (χ0v) is 23.8. The van der Waals surface area contributed by atoms with Gasteiger partial charge in [0.25, 0.3) is 11.8 Å². The first-order chi connectivity index (χ1) is 18.8. The van der Waals surface area contributed by atoms with Crippen LogP contribution in [-0.2, 0) is 19.0 Å². The van der Waals surface area contributed by atoms with Crippen LogP contribution in [0.4, 0.5) is 0 Å². The molecule has 2 aromatic rings. The molecule has 0 aliphatic carbocycles. The summed E-state index contributed by atoms with van der Waals surface area (Å²) in [6.07, 6.45) is 4.61. The number of rotatable bonds is 7. The first-order valence-corrected chi connectivity index (χ1v) is 14.9. The molecule has 1 aromatic heterocycles. The third-order valence-electron chi connectivity index (χ3n) is 8.68. The highest BCUT2D eigenvalue weighted by molar-refractivity contribution is 8.02. The van der Waals surface area contributed by atoms with Crippen LogP contribution in [-0.4, -0.2) is 90.6 Å². The lowest BCUT2D eigenvalue weighted by Gasteiger charge is -2.60. The van der Waals surface area contributed by atoms with Gasteiger partial charge in [0, 0.05) is 40.3 Å². The van der Waals surface area contributed by atoms with Gasteiger partial charge in [0.2, 0.25) is 0 Å². The minimum atomic E-state index is -0.464. The average Bonchev–Trinajstić information content (AvgIpc) is 3.17. The maximum absolute atomic E-state index is 13.6. The molecule has 4 aliphatic rings. The SMILES string of the molecule is CSC1=CC(C)=NC(=O)C1CNC(=O)c1c(C)n([C@H](C)C2OCC(N3CCC34COC4)CO2)c2ccccc12. The van der Waals surface area contributed by atoms with Gasteiger partial charge in [-0.15, -0.1) is 11.8 Å². The third-order valence-corrected chi connectivity index (χ3v) is 9.56. The summed E-state index contributed by atoms with van der Waals surface area (Å²) >= 11 is 1.52. The molecule has 9 nitrogen and oxygen atoms in total. The average molecular weight is 553 g/mol. The Morgan fingerprint density at radius 1 is 1.23 bits per heavy atom. The monoisotopic (exact) mass is 552 g/mol. The van der Waals surface area contributed by atoms with E-state index >= 15 is 0 Å². The largest absolute Gasteiger partial charge is 0.377 e. The predicted octanol–water partition coefficient (Wildman–Crippen LogP) is 3.32. The van der Waals surface area contributed by atoms with Crippen LogP contribution in [0.2, 0.25) is 0 Å². The minimum Gasteiger partial charge on any atom is -0.377 e. The summed E-state index contributed by atoms with van der Waals surface area (Å²) in [5, 5.41) is 3.88. The smallest absolute Gasteiger partial charge is 0.255 e. The number of amides is 2. The number of nitrogens with zero attached hydrogens (tertiary/aromatic N) is 3. The summed E-state index contributed by atoms with van der Waals surface area (Å²) in [6.45, 7) is 9.96. The lowest BCUT2D eigenvalue weighted by Crippen LogP contribution is -2.74. The van der Waals surface area contributed by atoms with Gasteiger partial charge in [-0.25, -0.2) is 4.99 Å². The standard InChI is InChI=1S/C29H36N4O5S/c1-17-11-24(39-4)22(26(34)31-17)12-30-27(35)25-18(2)33(23-8-6-5-7-21(23)25)19(3)28-37-13-20(14-38-28)32-10-9-29(32)15-36-16-29/h5-8,11,19-20,22,28H,9-10,12-16H2,1-4H3,(H,30,35)/t19-,20?,22?,28?/m1/s1. The van der Waals surface area contributed by atoms with E-state index in [2.05, 4.69) is 26.7 Å². The van der Waals surface area contributed by atoms with Crippen molar-refractivity contribution in [3.8, 4) is 0 Å². The van der Waals surface area contributed by atoms with E-state index in [-0.39, 0.29) is 36.0 Å². The predicted molar refractivity (Wildman–Crippen MR) is 151 cm³/mol. The van der Waals surface area contributed by atoms with E-state index in [0.717, 1.165) is 41.3 Å². The Labute approximate surface area is 232 Å². The van der Waals surface area contributed by atoms with Crippen molar-refractivity contribution in [2.24, 2.45) is 10.9 Å². The van der Waals surface area contributed by atoms with E-state index in [0.29, 0.717) is 24.5 Å². The first kappa shape index (κ1) is 26.7. The molecule has 2 atom stereocenters. The van der Waals surface area contributed by atoms with Gasteiger partial charge in [0.15, 0.2) is 6.29 Å². The number of carbonyl (C=O) groups excluding carboxylic acids is 2. The molecule has 0 radical (unpaired) electrons. The van der Waals surface area contributed by atoms with Gasteiger partial charge in [-0.1, -0.05) is 18.2 Å². The van der Waals surface area contributed by atoms with Crippen LogP contribution in [0, 0.1) is 12.8 Å². The lowest BCUT2D eigenvalue weighted by atomic mass is 9.81. The second-order valence-electron chi connectivity index (χ2n) is 11.0. The molecule has 5 heterocycles. The number of dihydropyridines is 1. The van der Waals surface area contributed by atoms with Gasteiger partial charge in [0.05, 0.1) is 55.5 Å². The fourth-order valence-corrected chi connectivity index (χ4v) is 7.21. The molecule has 4 aliphatic heterocycles. The molecule has 10 heteroatoms. The minimum absolute atomic E-state index is 0.141. The Kier molecular flexibility index (Phi) is 7.18. The van der Waals surface area contributed by atoms with Crippen molar-refractivity contribution in [2.75, 3.05) is 45.8 Å². The number of benzene rings is 1. The number of fused-ring (bicyclic) bond motifs is 1. The highest BCUT2D eigenvalue weighted by atomic mass is 32.2. The molecule has 3 fully saturated rings. The summed E-state index contributed by atoms with van der Waals surface area (Å²) in [5.41, 5.74) is 3.30. The second-order valence-corrected chi connectivity index (χ2v) is 11.9. The van der Waals surface area contributed by atoms with Crippen molar-refractivity contribution in [3.05, 3.63) is 46.5 Å². The number of hydrogen-bond acceptors (Lipinski definition) is 7. The van der Waals surface area contributed by atoms with E-state index in [9.17, 15) is 9.59 Å². The molecule has 3 saturated heterocycles. The highest BCUT2D eigenvalue weighted by Gasteiger charge is 2.54. The van der Waals surface area contributed by atoms with Gasteiger partial charge in [0.1, 0.15) is 0 Å². The Balaban J connectivity index is 1.18. The van der Waals surface area contributed by atoms with Crippen molar-refractivity contribution in [1.29, 1.82) is 0 Å². The van der Waals surface area contributed by atoms with E-state index in [1.165, 1.54) is 18.2 Å². The Hall–Kier alpha value is -2.50. The maximum atomic E-state index is 13.6. The molecule has 6 rings (SSSR count). The number of thioether (sulfide) groups is 1. The van der Waals surface area contributed by atoms with Crippen LogP contribution in [0.25, 0.3) is 10.9 Å². The van der Waals surface area contributed by atoms with E-state index in [1.54, 1.807) is 0 Å². The van der Waals surface area contributed by atoms with Gasteiger partial charge in [-0.2, -0.15) is 0 Å². The maximum Gasteiger partial charge on any atom is 0.255 e. The number of carbonyl (C=O) groups is 2. The number of nitrogens with one attached hydrogen (secondary N) is 1. The van der Waals surface area contributed by atoms with Gasteiger partial charge in [-0.05, 0) is 45.6 Å². The molecule has 39 heavy (non-hydrogen) atoms. The zero-order valence-electron chi connectivity index (χ0n) is 22.9. The van der Waals surface area contributed by atoms with Crippen LogP contribution in [0.15, 0.2) is 40.2 Å². The number of para-hydroxylation sites is 1. The zero-order chi connectivity index (χ0) is 27.3. The summed E-state index contributed by atoms with van der Waals surface area (Å²) in [6, 6.07) is 8.01. The number of aromatic nitrogens is 1. The van der Waals surface area contributed by atoms with Crippen molar-refractivity contribution in [1.82, 2.24) is 14.8 Å². The molecule has 0 saturated carbocycles. The number of ether oxygens (including phenoxy) is 3. The number of allylic oxidation sites excluding steroid dienone is 1. The van der Waals surface area contributed by atoms with Crippen LogP contribution in [0.1, 0.15) is 42.4 Å². The topological polar surface area (TPSA) is 94.4 Å². The van der Waals surface area contributed by atoms with E-state index in [4.69, 9.17) is 14.2 Å². The van der Waals surface area contributed by atoms with Crippen molar-refractivity contribution in [3.63, 3.8) is 0 Å². The summed E-state index contributed by atoms with van der Waals surface area (Å²) in [5.74, 6) is -0.883. The fourth-order valence-electron chi connectivity index (χ4n) is 6.45. The fraction of sp³-hybridized carbons (Fsp3) is 0.552. The van der Waals surface area contributed by atoms with Crippen LogP contribution in [0.5, 0.6) is 0 Å². The van der Waals surface area contributed by atoms with Crippen LogP contribution in [0.3, 0.4) is 0 Å². The van der Waals surface area contributed by atoms with Crippen molar-refractivity contribution >= 4 is 40.2 Å². The van der Waals surface area contributed by atoms with E-state index < -0.39 is 12.2 Å². The summed E-state index contributed by atoms with van der Waals surface area (Å²) in [4.78, 5) is 33.7. The lowest BCUT2D eigenvalue weighted by molar-refractivity contribution is -0.267. The second kappa shape index (κ2) is 10.5. The molecule has 1 spiro atoms. The molecule has 0 bridgehead atoms. The molecule has 208 valence electrons. The molecule has 1 unspecified atom stereocenters. The third kappa shape index (κ3) is 4.56. The van der Waals surface area contributed by atoms with Crippen LogP contribution >= 0.6 is 11.8 Å². The number of hydrogen-bond donors (Lipinski definition) is 1. The van der Waals surface area contributed by atoms with Crippen molar-refractivity contribution < 1.29 is 23.8 Å². The highest BCUT2D eigenvalue weighted by Crippen LogP contribution is 2.40. The molecule has 2 amide bonds. The quantitative estimate of drug-likeness (QED) is 0.563. The molecule has 1 N–H and O–H groups in total. The number of aliphatic imine (C=N–C) groups is 1.